The van der Waals surface area contributed by atoms with Gasteiger partial charge < -0.3 is 15.4 Å². The molecule has 0 radical (unpaired) electrons. The number of anilines is 1. The maximum absolute atomic E-state index is 13.8. The number of carbonyl (C=O) groups is 1. The molecule has 0 bridgehead atoms. The molecule has 1 saturated heterocycles. The first-order valence-electron chi connectivity index (χ1n) is 9.64. The Morgan fingerprint density at radius 1 is 1.09 bits per heavy atom. The van der Waals surface area contributed by atoms with Gasteiger partial charge in [0.1, 0.15) is 18.2 Å². The molecule has 1 aliphatic rings. The minimum absolute atomic E-state index is 0.0336. The van der Waals surface area contributed by atoms with Crippen molar-refractivity contribution in [1.29, 1.82) is 0 Å². The predicted octanol–water partition coefficient (Wildman–Crippen LogP) is 4.91. The van der Waals surface area contributed by atoms with Crippen molar-refractivity contribution in [3.63, 3.8) is 0 Å². The number of nitrogens with zero attached hydrogens (tertiary/aromatic N) is 1. The molecule has 7 nitrogen and oxygen atoms in total. The van der Waals surface area contributed by atoms with Crippen molar-refractivity contribution in [2.24, 2.45) is 0 Å². The average Bonchev–Trinajstić information content (AvgIpc) is 3.13. The van der Waals surface area contributed by atoms with Crippen LogP contribution in [0.3, 0.4) is 0 Å². The summed E-state index contributed by atoms with van der Waals surface area (Å²) in [7, 11) is 0. The highest BCUT2D eigenvalue weighted by Crippen LogP contribution is 2.31. The first-order valence-corrected chi connectivity index (χ1v) is 10.5. The van der Waals surface area contributed by atoms with Gasteiger partial charge in [0.2, 0.25) is 0 Å². The van der Waals surface area contributed by atoms with Crippen LogP contribution in [-0.4, -0.2) is 16.3 Å². The van der Waals surface area contributed by atoms with Crippen LogP contribution >= 0.6 is 11.8 Å². The molecule has 3 aromatic carbocycles. The Hall–Kier alpha value is -3.85. The van der Waals surface area contributed by atoms with E-state index in [1.165, 1.54) is 30.0 Å². The van der Waals surface area contributed by atoms with E-state index in [-0.39, 0.29) is 24.0 Å². The van der Waals surface area contributed by atoms with Crippen molar-refractivity contribution in [3.8, 4) is 5.75 Å². The Balaban J connectivity index is 1.35. The number of carbonyl (C=O) groups excluding carboxylic acids is 1. The van der Waals surface area contributed by atoms with Crippen LogP contribution in [0.5, 0.6) is 5.75 Å². The van der Waals surface area contributed by atoms with Crippen LogP contribution in [0.25, 0.3) is 6.08 Å². The van der Waals surface area contributed by atoms with E-state index in [9.17, 15) is 19.3 Å². The summed E-state index contributed by atoms with van der Waals surface area (Å²) in [6, 6.07) is 19.7. The van der Waals surface area contributed by atoms with Crippen molar-refractivity contribution in [1.82, 2.24) is 5.32 Å². The number of benzene rings is 3. The van der Waals surface area contributed by atoms with Gasteiger partial charge in [0.05, 0.1) is 15.5 Å². The third-order valence-corrected chi connectivity index (χ3v) is 5.65. The molecule has 1 heterocycles. The van der Waals surface area contributed by atoms with E-state index in [0.717, 1.165) is 11.1 Å². The number of hydrogen-bond acceptors (Lipinski definition) is 6. The van der Waals surface area contributed by atoms with Crippen molar-refractivity contribution >= 4 is 35.1 Å². The van der Waals surface area contributed by atoms with Crippen molar-refractivity contribution < 1.29 is 18.8 Å². The second-order valence-corrected chi connectivity index (χ2v) is 8.03. The number of hydrogen-bond donors (Lipinski definition) is 2. The molecule has 0 aromatic heterocycles. The van der Waals surface area contributed by atoms with E-state index in [1.54, 1.807) is 48.5 Å². The molecule has 162 valence electrons. The summed E-state index contributed by atoms with van der Waals surface area (Å²) < 4.78 is 19.5. The average molecular weight is 451 g/mol. The van der Waals surface area contributed by atoms with Gasteiger partial charge in [-0.15, -0.1) is 0 Å². The SMILES string of the molecule is O=C1NC(Nc2ccccc2F)S/C1=C\c1ccc(OCc2ccc([N+](=O)[O-])cc2)cc1. The molecule has 32 heavy (non-hydrogen) atoms. The number of nitro benzene ring substituents is 1. The lowest BCUT2D eigenvalue weighted by Gasteiger charge is -2.12. The highest BCUT2D eigenvalue weighted by Gasteiger charge is 2.27. The number of ether oxygens (including phenoxy) is 1. The minimum Gasteiger partial charge on any atom is -0.489 e. The van der Waals surface area contributed by atoms with Crippen LogP contribution in [0, 0.1) is 15.9 Å². The predicted molar refractivity (Wildman–Crippen MR) is 121 cm³/mol. The molecular formula is C23H18FN3O4S. The fourth-order valence-electron chi connectivity index (χ4n) is 2.98. The van der Waals surface area contributed by atoms with Crippen LogP contribution in [0.2, 0.25) is 0 Å². The summed E-state index contributed by atoms with van der Waals surface area (Å²) in [6.07, 6.45) is 1.75. The quantitative estimate of drug-likeness (QED) is 0.301. The van der Waals surface area contributed by atoms with E-state index in [4.69, 9.17) is 4.74 Å². The summed E-state index contributed by atoms with van der Waals surface area (Å²) in [5.74, 6) is 0.0135. The number of nitrogens with one attached hydrogen (secondary N) is 2. The summed E-state index contributed by atoms with van der Waals surface area (Å²) in [6.45, 7) is 0.278. The fourth-order valence-corrected chi connectivity index (χ4v) is 3.95. The van der Waals surface area contributed by atoms with Crippen molar-refractivity contribution in [3.05, 3.63) is 105 Å². The first kappa shape index (κ1) is 21.4. The third kappa shape index (κ3) is 5.25. The van der Waals surface area contributed by atoms with Crippen LogP contribution < -0.4 is 15.4 Å². The van der Waals surface area contributed by atoms with Gasteiger partial charge in [-0.2, -0.15) is 0 Å². The second-order valence-electron chi connectivity index (χ2n) is 6.89. The Morgan fingerprint density at radius 2 is 1.81 bits per heavy atom. The van der Waals surface area contributed by atoms with E-state index in [1.807, 2.05) is 12.1 Å². The van der Waals surface area contributed by atoms with Gasteiger partial charge >= 0.3 is 0 Å². The van der Waals surface area contributed by atoms with Gasteiger partial charge in [-0.25, -0.2) is 4.39 Å². The van der Waals surface area contributed by atoms with Gasteiger partial charge in [0, 0.05) is 12.1 Å². The number of rotatable bonds is 7. The monoisotopic (exact) mass is 451 g/mol. The normalized spacial score (nSPS) is 16.6. The third-order valence-electron chi connectivity index (χ3n) is 4.62. The standard InChI is InChI=1S/C23H18FN3O4S/c24-19-3-1-2-4-20(19)25-23-26-22(28)21(32-23)13-15-7-11-18(12-8-15)31-14-16-5-9-17(10-6-16)27(29)30/h1-13,23,25H,14H2,(H,26,28)/b21-13-. The number of nitro groups is 1. The zero-order valence-electron chi connectivity index (χ0n) is 16.7. The summed E-state index contributed by atoms with van der Waals surface area (Å²) in [4.78, 5) is 23.0. The van der Waals surface area contributed by atoms with Crippen LogP contribution in [0.15, 0.2) is 77.7 Å². The lowest BCUT2D eigenvalue weighted by atomic mass is 10.2. The fraction of sp³-hybridized carbons (Fsp3) is 0.0870. The highest BCUT2D eigenvalue weighted by molar-refractivity contribution is 8.05. The number of thioether (sulfide) groups is 1. The molecule has 0 aliphatic carbocycles. The molecular weight excluding hydrogens is 433 g/mol. The number of halogens is 1. The molecule has 1 atom stereocenters. The van der Waals surface area contributed by atoms with E-state index >= 15 is 0 Å². The van der Waals surface area contributed by atoms with Crippen LogP contribution in [-0.2, 0) is 11.4 Å². The van der Waals surface area contributed by atoms with Gasteiger partial charge in [0.25, 0.3) is 11.6 Å². The molecule has 9 heteroatoms. The van der Waals surface area contributed by atoms with Crippen molar-refractivity contribution in [2.45, 2.75) is 12.1 Å². The topological polar surface area (TPSA) is 93.5 Å². The Kier molecular flexibility index (Phi) is 6.37. The van der Waals surface area contributed by atoms with E-state index < -0.39 is 10.4 Å². The summed E-state index contributed by atoms with van der Waals surface area (Å²) in [5.41, 5.74) is 1.52. The van der Waals surface area contributed by atoms with Gasteiger partial charge in [-0.1, -0.05) is 36.0 Å². The highest BCUT2D eigenvalue weighted by atomic mass is 32.2. The Morgan fingerprint density at radius 3 is 2.50 bits per heavy atom. The van der Waals surface area contributed by atoms with Gasteiger partial charge in [-0.05, 0) is 53.6 Å². The van der Waals surface area contributed by atoms with E-state index in [2.05, 4.69) is 10.6 Å². The summed E-state index contributed by atoms with van der Waals surface area (Å²) >= 11 is 1.28. The Labute approximate surface area is 187 Å². The molecule has 1 unspecified atom stereocenters. The molecule has 1 amide bonds. The smallest absolute Gasteiger partial charge is 0.269 e. The van der Waals surface area contributed by atoms with Crippen LogP contribution in [0.4, 0.5) is 15.8 Å². The zero-order valence-corrected chi connectivity index (χ0v) is 17.5. The van der Waals surface area contributed by atoms with Gasteiger partial charge in [-0.3, -0.25) is 14.9 Å². The lowest BCUT2D eigenvalue weighted by molar-refractivity contribution is -0.384. The maximum atomic E-state index is 13.8. The second kappa shape index (κ2) is 9.52. The number of amides is 1. The minimum atomic E-state index is -0.463. The van der Waals surface area contributed by atoms with Crippen LogP contribution in [0.1, 0.15) is 11.1 Å². The summed E-state index contributed by atoms with van der Waals surface area (Å²) in [5, 5.41) is 16.4. The molecule has 2 N–H and O–H groups in total. The number of para-hydroxylation sites is 1. The molecule has 1 aliphatic heterocycles. The first-order chi connectivity index (χ1) is 15.5. The number of non-ortho nitro benzene ring substituents is 1. The van der Waals surface area contributed by atoms with E-state index in [0.29, 0.717) is 16.3 Å². The Bertz CT molecular complexity index is 1170. The molecule has 0 saturated carbocycles. The lowest BCUT2D eigenvalue weighted by Crippen LogP contribution is -2.31. The molecule has 4 rings (SSSR count). The molecule has 1 fully saturated rings. The van der Waals surface area contributed by atoms with Gasteiger partial charge in [0.15, 0.2) is 5.50 Å². The maximum Gasteiger partial charge on any atom is 0.269 e. The van der Waals surface area contributed by atoms with Crippen molar-refractivity contribution in [2.75, 3.05) is 5.32 Å². The zero-order chi connectivity index (χ0) is 22.5. The molecule has 0 spiro atoms. The molecule has 3 aromatic rings. The largest absolute Gasteiger partial charge is 0.489 e.